The highest BCUT2D eigenvalue weighted by molar-refractivity contribution is 7.99. The Kier molecular flexibility index (Phi) is 3.71. The number of hydrogen-bond donors (Lipinski definition) is 2. The zero-order valence-corrected chi connectivity index (χ0v) is 12.2. The number of imidazole rings is 1. The van der Waals surface area contributed by atoms with Gasteiger partial charge in [-0.2, -0.15) is 0 Å². The van der Waals surface area contributed by atoms with Gasteiger partial charge in [-0.15, -0.1) is 0 Å². The third kappa shape index (κ3) is 2.69. The smallest absolute Gasteiger partial charge is 0.172 e. The molecule has 1 unspecified atom stereocenters. The van der Waals surface area contributed by atoms with Crippen molar-refractivity contribution in [2.24, 2.45) is 0 Å². The third-order valence-corrected chi connectivity index (χ3v) is 4.10. The molecule has 1 atom stereocenters. The van der Waals surface area contributed by atoms with Crippen LogP contribution in [0, 0.1) is 0 Å². The molecule has 2 aromatic heterocycles. The monoisotopic (exact) mass is 284 g/mol. The molecule has 0 fully saturated rings. The van der Waals surface area contributed by atoms with Crippen LogP contribution in [0.25, 0.3) is 11.0 Å². The maximum Gasteiger partial charge on any atom is 0.172 e. The predicted molar refractivity (Wildman–Crippen MR) is 81.9 cm³/mol. The van der Waals surface area contributed by atoms with Crippen molar-refractivity contribution in [2.45, 2.75) is 23.1 Å². The van der Waals surface area contributed by atoms with Gasteiger partial charge in [-0.05, 0) is 49.5 Å². The highest BCUT2D eigenvalue weighted by Crippen LogP contribution is 2.26. The van der Waals surface area contributed by atoms with E-state index in [9.17, 15) is 0 Å². The summed E-state index contributed by atoms with van der Waals surface area (Å²) >= 11 is 1.54. The molecule has 0 saturated heterocycles. The van der Waals surface area contributed by atoms with Crippen molar-refractivity contribution in [1.82, 2.24) is 20.3 Å². The lowest BCUT2D eigenvalue weighted by molar-refractivity contribution is 0.648. The second-order valence-electron chi connectivity index (χ2n) is 4.60. The molecule has 0 spiro atoms. The standard InChI is InChI=1S/C15H16N4S/c1-10(16-2)11-7-8-14(17-9-11)20-15-18-12-5-3-4-6-13(12)19-15/h3-10,16H,1-2H3,(H,18,19). The fourth-order valence-corrected chi connectivity index (χ4v) is 2.70. The van der Waals surface area contributed by atoms with Crippen molar-refractivity contribution in [1.29, 1.82) is 0 Å². The molecule has 4 nitrogen and oxygen atoms in total. The number of para-hydroxylation sites is 2. The topological polar surface area (TPSA) is 53.6 Å². The number of nitrogens with one attached hydrogen (secondary N) is 2. The molecular formula is C15H16N4S. The van der Waals surface area contributed by atoms with Gasteiger partial charge in [0, 0.05) is 12.2 Å². The van der Waals surface area contributed by atoms with Gasteiger partial charge in [0.25, 0.3) is 0 Å². The summed E-state index contributed by atoms with van der Waals surface area (Å²) in [6.45, 7) is 2.11. The largest absolute Gasteiger partial charge is 0.333 e. The van der Waals surface area contributed by atoms with Gasteiger partial charge in [0.2, 0.25) is 0 Å². The molecule has 5 heteroatoms. The van der Waals surface area contributed by atoms with Gasteiger partial charge >= 0.3 is 0 Å². The third-order valence-electron chi connectivity index (χ3n) is 3.26. The first-order valence-corrected chi connectivity index (χ1v) is 7.34. The zero-order chi connectivity index (χ0) is 13.9. The van der Waals surface area contributed by atoms with E-state index in [1.54, 1.807) is 11.8 Å². The van der Waals surface area contributed by atoms with Gasteiger partial charge in [0.15, 0.2) is 5.16 Å². The van der Waals surface area contributed by atoms with Gasteiger partial charge in [0.1, 0.15) is 5.03 Å². The maximum absolute atomic E-state index is 4.54. The number of pyridine rings is 1. The Hall–Kier alpha value is -1.85. The maximum atomic E-state index is 4.54. The average molecular weight is 284 g/mol. The van der Waals surface area contributed by atoms with Crippen LogP contribution in [0.1, 0.15) is 18.5 Å². The minimum Gasteiger partial charge on any atom is -0.333 e. The van der Waals surface area contributed by atoms with Gasteiger partial charge < -0.3 is 10.3 Å². The molecule has 0 radical (unpaired) electrons. The number of nitrogens with zero attached hydrogens (tertiary/aromatic N) is 2. The SMILES string of the molecule is CNC(C)c1ccc(Sc2nc3ccccc3[nH]2)nc1. The first-order chi connectivity index (χ1) is 9.76. The van der Waals surface area contributed by atoms with Gasteiger partial charge in [-0.1, -0.05) is 18.2 Å². The summed E-state index contributed by atoms with van der Waals surface area (Å²) in [5, 5.41) is 5.01. The number of H-pyrrole nitrogens is 1. The van der Waals surface area contributed by atoms with Crippen LogP contribution >= 0.6 is 11.8 Å². The van der Waals surface area contributed by atoms with Crippen LogP contribution in [0.5, 0.6) is 0 Å². The molecular weight excluding hydrogens is 268 g/mol. The predicted octanol–water partition coefficient (Wildman–Crippen LogP) is 3.39. The number of aromatic amines is 1. The molecule has 3 aromatic rings. The molecule has 20 heavy (non-hydrogen) atoms. The van der Waals surface area contributed by atoms with E-state index in [2.05, 4.69) is 33.3 Å². The van der Waals surface area contributed by atoms with Gasteiger partial charge in [0.05, 0.1) is 11.0 Å². The van der Waals surface area contributed by atoms with Crippen molar-refractivity contribution in [2.75, 3.05) is 7.05 Å². The number of fused-ring (bicyclic) bond motifs is 1. The zero-order valence-electron chi connectivity index (χ0n) is 11.4. The molecule has 2 N–H and O–H groups in total. The van der Waals surface area contributed by atoms with E-state index < -0.39 is 0 Å². The van der Waals surface area contributed by atoms with Gasteiger partial charge in [-0.25, -0.2) is 9.97 Å². The molecule has 1 aromatic carbocycles. The lowest BCUT2D eigenvalue weighted by Gasteiger charge is -2.09. The summed E-state index contributed by atoms with van der Waals surface area (Å²) in [5.41, 5.74) is 3.22. The number of hydrogen-bond acceptors (Lipinski definition) is 4. The Morgan fingerprint density at radius 3 is 2.75 bits per heavy atom. The minimum atomic E-state index is 0.313. The molecule has 102 valence electrons. The first-order valence-electron chi connectivity index (χ1n) is 6.52. The fourth-order valence-electron chi connectivity index (χ4n) is 1.95. The Bertz CT molecular complexity index is 672. The molecule has 3 rings (SSSR count). The number of rotatable bonds is 4. The highest BCUT2D eigenvalue weighted by atomic mass is 32.2. The fraction of sp³-hybridized carbons (Fsp3) is 0.200. The summed E-state index contributed by atoms with van der Waals surface area (Å²) in [4.78, 5) is 12.3. The van der Waals surface area contributed by atoms with E-state index in [1.165, 1.54) is 5.56 Å². The Morgan fingerprint density at radius 1 is 1.20 bits per heavy atom. The number of aromatic nitrogens is 3. The quantitative estimate of drug-likeness (QED) is 0.771. The average Bonchev–Trinajstić information content (AvgIpc) is 2.89. The molecule has 0 bridgehead atoms. The Labute approximate surface area is 122 Å². The van der Waals surface area contributed by atoms with Crippen LogP contribution in [0.2, 0.25) is 0 Å². The van der Waals surface area contributed by atoms with Crippen LogP contribution in [-0.4, -0.2) is 22.0 Å². The van der Waals surface area contributed by atoms with E-state index in [1.807, 2.05) is 43.6 Å². The molecule has 0 aliphatic rings. The van der Waals surface area contributed by atoms with E-state index in [4.69, 9.17) is 0 Å². The van der Waals surface area contributed by atoms with Crippen molar-refractivity contribution in [3.63, 3.8) is 0 Å². The summed E-state index contributed by atoms with van der Waals surface area (Å²) in [5.74, 6) is 0. The molecule has 0 aliphatic heterocycles. The van der Waals surface area contributed by atoms with Crippen molar-refractivity contribution < 1.29 is 0 Å². The van der Waals surface area contributed by atoms with Crippen molar-refractivity contribution in [3.05, 3.63) is 48.2 Å². The molecule has 0 aliphatic carbocycles. The van der Waals surface area contributed by atoms with Crippen LogP contribution in [0.15, 0.2) is 52.8 Å². The van der Waals surface area contributed by atoms with Crippen LogP contribution in [0.4, 0.5) is 0 Å². The highest BCUT2D eigenvalue weighted by Gasteiger charge is 2.07. The first kappa shape index (κ1) is 13.1. The van der Waals surface area contributed by atoms with Crippen molar-refractivity contribution >= 4 is 22.8 Å². The molecule has 2 heterocycles. The second kappa shape index (κ2) is 5.64. The summed E-state index contributed by atoms with van der Waals surface area (Å²) in [7, 11) is 1.95. The lowest BCUT2D eigenvalue weighted by atomic mass is 10.1. The molecule has 0 amide bonds. The van der Waals surface area contributed by atoms with E-state index >= 15 is 0 Å². The summed E-state index contributed by atoms with van der Waals surface area (Å²) < 4.78 is 0. The van der Waals surface area contributed by atoms with Crippen molar-refractivity contribution in [3.8, 4) is 0 Å². The normalized spacial score (nSPS) is 12.7. The summed E-state index contributed by atoms with van der Waals surface area (Å²) in [6, 6.07) is 12.5. The second-order valence-corrected chi connectivity index (χ2v) is 5.61. The van der Waals surface area contributed by atoms with E-state index in [0.717, 1.165) is 21.2 Å². The Morgan fingerprint density at radius 2 is 2.05 bits per heavy atom. The van der Waals surface area contributed by atoms with Gasteiger partial charge in [-0.3, -0.25) is 0 Å². The van der Waals surface area contributed by atoms with Crippen LogP contribution in [-0.2, 0) is 0 Å². The Balaban J connectivity index is 1.80. The lowest BCUT2D eigenvalue weighted by Crippen LogP contribution is -2.12. The summed E-state index contributed by atoms with van der Waals surface area (Å²) in [6.07, 6.45) is 1.91. The molecule has 0 saturated carbocycles. The van der Waals surface area contributed by atoms with E-state index in [-0.39, 0.29) is 0 Å². The number of benzene rings is 1. The van der Waals surface area contributed by atoms with Crippen LogP contribution in [0.3, 0.4) is 0 Å². The van der Waals surface area contributed by atoms with E-state index in [0.29, 0.717) is 6.04 Å². The van der Waals surface area contributed by atoms with Crippen LogP contribution < -0.4 is 5.32 Å². The minimum absolute atomic E-state index is 0.313.